The molecule has 1 aromatic heterocycles. The number of hydrogen-bond acceptors (Lipinski definition) is 4. The molecule has 3 N–H and O–H groups in total. The van der Waals surface area contributed by atoms with Crippen molar-refractivity contribution in [3.63, 3.8) is 0 Å². The molecule has 1 aliphatic carbocycles. The van der Waals surface area contributed by atoms with Crippen LogP contribution in [0.3, 0.4) is 0 Å². The molecule has 4 heteroatoms. The zero-order valence-electron chi connectivity index (χ0n) is 11.8. The lowest BCUT2D eigenvalue weighted by molar-refractivity contribution is 0.324. The van der Waals surface area contributed by atoms with Gasteiger partial charge >= 0.3 is 0 Å². The summed E-state index contributed by atoms with van der Waals surface area (Å²) in [6.07, 6.45) is 7.79. The lowest BCUT2D eigenvalue weighted by Crippen LogP contribution is -2.27. The number of nitrogens with zero attached hydrogens (tertiary/aromatic N) is 2. The van der Waals surface area contributed by atoms with Gasteiger partial charge in [0.1, 0.15) is 12.1 Å². The van der Waals surface area contributed by atoms with E-state index in [9.17, 15) is 0 Å². The summed E-state index contributed by atoms with van der Waals surface area (Å²) in [5, 5.41) is 4.71. The van der Waals surface area contributed by atoms with Gasteiger partial charge in [-0.3, -0.25) is 0 Å². The zero-order valence-corrected chi connectivity index (χ0v) is 11.8. The number of nitrogens with two attached hydrogens (primary N) is 1. The zero-order chi connectivity index (χ0) is 13.8. The molecule has 0 atom stereocenters. The first-order chi connectivity index (χ1) is 9.86. The lowest BCUT2D eigenvalue weighted by Gasteiger charge is -2.29. The van der Waals surface area contributed by atoms with E-state index in [0.29, 0.717) is 6.04 Å². The third kappa shape index (κ3) is 2.90. The number of para-hydroxylation sites is 1. The molecular formula is C16H22N4. The second kappa shape index (κ2) is 6.18. The monoisotopic (exact) mass is 270 g/mol. The summed E-state index contributed by atoms with van der Waals surface area (Å²) in [5.74, 6) is 1.79. The van der Waals surface area contributed by atoms with Crippen LogP contribution in [-0.2, 0) is 0 Å². The van der Waals surface area contributed by atoms with E-state index in [1.807, 2.05) is 18.2 Å². The number of nitrogens with one attached hydrogen (secondary N) is 1. The van der Waals surface area contributed by atoms with Gasteiger partial charge in [-0.15, -0.1) is 0 Å². The summed E-state index contributed by atoms with van der Waals surface area (Å²) in [5.41, 5.74) is 6.65. The largest absolute Gasteiger partial charge is 0.367 e. The van der Waals surface area contributed by atoms with Crippen molar-refractivity contribution >= 4 is 16.7 Å². The molecule has 106 valence electrons. The first-order valence-corrected chi connectivity index (χ1v) is 7.53. The Labute approximate surface area is 119 Å². The molecule has 3 rings (SSSR count). The third-order valence-corrected chi connectivity index (χ3v) is 4.31. The molecule has 1 saturated carbocycles. The summed E-state index contributed by atoms with van der Waals surface area (Å²) >= 11 is 0. The van der Waals surface area contributed by atoms with Gasteiger partial charge in [0.2, 0.25) is 0 Å². The summed E-state index contributed by atoms with van der Waals surface area (Å²) in [6, 6.07) is 8.69. The molecule has 20 heavy (non-hydrogen) atoms. The maximum atomic E-state index is 5.65. The first kappa shape index (κ1) is 13.3. The van der Waals surface area contributed by atoms with E-state index in [1.54, 1.807) is 6.33 Å². The Kier molecular flexibility index (Phi) is 4.11. The minimum Gasteiger partial charge on any atom is -0.367 e. The van der Waals surface area contributed by atoms with Crippen molar-refractivity contribution in [1.82, 2.24) is 9.97 Å². The molecule has 0 aliphatic heterocycles. The number of anilines is 1. The second-order valence-corrected chi connectivity index (χ2v) is 5.68. The molecule has 0 bridgehead atoms. The van der Waals surface area contributed by atoms with Gasteiger partial charge in [0.05, 0.1) is 5.52 Å². The van der Waals surface area contributed by atoms with Crippen molar-refractivity contribution in [1.29, 1.82) is 0 Å². The van der Waals surface area contributed by atoms with E-state index in [0.717, 1.165) is 29.2 Å². The predicted molar refractivity (Wildman–Crippen MR) is 82.6 cm³/mol. The van der Waals surface area contributed by atoms with Crippen molar-refractivity contribution < 1.29 is 0 Å². The minimum atomic E-state index is 0.530. The van der Waals surface area contributed by atoms with Crippen molar-refractivity contribution in [2.45, 2.75) is 38.1 Å². The number of rotatable bonds is 4. The molecule has 0 spiro atoms. The Balaban J connectivity index is 1.68. The SMILES string of the molecule is NCCC1CCC(Nc2ncnc3ccccc23)CC1. The van der Waals surface area contributed by atoms with Gasteiger partial charge in [0, 0.05) is 11.4 Å². The molecule has 2 aromatic rings. The smallest absolute Gasteiger partial charge is 0.137 e. The van der Waals surface area contributed by atoms with E-state index in [1.165, 1.54) is 32.1 Å². The van der Waals surface area contributed by atoms with Crippen molar-refractivity contribution in [3.8, 4) is 0 Å². The Morgan fingerprint density at radius 1 is 1.10 bits per heavy atom. The fraction of sp³-hybridized carbons (Fsp3) is 0.500. The minimum absolute atomic E-state index is 0.530. The van der Waals surface area contributed by atoms with Crippen LogP contribution in [0.2, 0.25) is 0 Å². The number of benzene rings is 1. The maximum Gasteiger partial charge on any atom is 0.137 e. The normalized spacial score (nSPS) is 22.9. The highest BCUT2D eigenvalue weighted by atomic mass is 15.0. The predicted octanol–water partition coefficient (Wildman–Crippen LogP) is 2.95. The van der Waals surface area contributed by atoms with E-state index < -0.39 is 0 Å². The average Bonchev–Trinajstić information content (AvgIpc) is 2.50. The van der Waals surface area contributed by atoms with Gasteiger partial charge < -0.3 is 11.1 Å². The maximum absolute atomic E-state index is 5.65. The standard InChI is InChI=1S/C16H22N4/c17-10-9-12-5-7-13(8-6-12)20-16-14-3-1-2-4-15(14)18-11-19-16/h1-4,11-13H,5-10,17H2,(H,18,19,20). The summed E-state index contributed by atoms with van der Waals surface area (Å²) < 4.78 is 0. The van der Waals surface area contributed by atoms with Crippen molar-refractivity contribution in [2.75, 3.05) is 11.9 Å². The molecule has 1 aliphatic rings. The van der Waals surface area contributed by atoms with Crippen LogP contribution in [-0.4, -0.2) is 22.6 Å². The van der Waals surface area contributed by atoms with Crippen LogP contribution in [0.15, 0.2) is 30.6 Å². The van der Waals surface area contributed by atoms with E-state index >= 15 is 0 Å². The summed E-state index contributed by atoms with van der Waals surface area (Å²) in [6.45, 7) is 0.819. The Bertz CT molecular complexity index is 556. The number of hydrogen-bond donors (Lipinski definition) is 2. The highest BCUT2D eigenvalue weighted by Crippen LogP contribution is 2.29. The van der Waals surface area contributed by atoms with Crippen LogP contribution >= 0.6 is 0 Å². The molecule has 1 aromatic carbocycles. The molecule has 0 radical (unpaired) electrons. The van der Waals surface area contributed by atoms with Crippen LogP contribution in [0.4, 0.5) is 5.82 Å². The molecule has 1 heterocycles. The molecule has 0 saturated heterocycles. The fourth-order valence-corrected chi connectivity index (χ4v) is 3.14. The van der Waals surface area contributed by atoms with Gasteiger partial charge in [-0.05, 0) is 56.7 Å². The van der Waals surface area contributed by atoms with Crippen LogP contribution in [0, 0.1) is 5.92 Å². The lowest BCUT2D eigenvalue weighted by atomic mass is 9.84. The Morgan fingerprint density at radius 2 is 1.90 bits per heavy atom. The molecule has 0 amide bonds. The van der Waals surface area contributed by atoms with Gasteiger partial charge in [-0.1, -0.05) is 12.1 Å². The van der Waals surface area contributed by atoms with Crippen LogP contribution in [0.5, 0.6) is 0 Å². The molecule has 4 nitrogen and oxygen atoms in total. The Morgan fingerprint density at radius 3 is 2.70 bits per heavy atom. The molecule has 0 unspecified atom stereocenters. The van der Waals surface area contributed by atoms with E-state index in [4.69, 9.17) is 5.73 Å². The van der Waals surface area contributed by atoms with Crippen LogP contribution in [0.1, 0.15) is 32.1 Å². The second-order valence-electron chi connectivity index (χ2n) is 5.68. The van der Waals surface area contributed by atoms with Crippen LogP contribution < -0.4 is 11.1 Å². The van der Waals surface area contributed by atoms with Gasteiger partial charge in [-0.2, -0.15) is 0 Å². The topological polar surface area (TPSA) is 63.8 Å². The fourth-order valence-electron chi connectivity index (χ4n) is 3.14. The van der Waals surface area contributed by atoms with Gasteiger partial charge in [-0.25, -0.2) is 9.97 Å². The van der Waals surface area contributed by atoms with E-state index in [-0.39, 0.29) is 0 Å². The highest BCUT2D eigenvalue weighted by Gasteiger charge is 2.21. The Hall–Kier alpha value is -1.68. The summed E-state index contributed by atoms with van der Waals surface area (Å²) in [4.78, 5) is 8.72. The number of aromatic nitrogens is 2. The third-order valence-electron chi connectivity index (χ3n) is 4.31. The van der Waals surface area contributed by atoms with Crippen molar-refractivity contribution in [2.24, 2.45) is 11.7 Å². The summed E-state index contributed by atoms with van der Waals surface area (Å²) in [7, 11) is 0. The van der Waals surface area contributed by atoms with Gasteiger partial charge in [0.15, 0.2) is 0 Å². The molecular weight excluding hydrogens is 248 g/mol. The van der Waals surface area contributed by atoms with Crippen LogP contribution in [0.25, 0.3) is 10.9 Å². The number of fused-ring (bicyclic) bond motifs is 1. The van der Waals surface area contributed by atoms with E-state index in [2.05, 4.69) is 21.4 Å². The quantitative estimate of drug-likeness (QED) is 0.896. The average molecular weight is 270 g/mol. The first-order valence-electron chi connectivity index (χ1n) is 7.53. The highest BCUT2D eigenvalue weighted by molar-refractivity contribution is 5.88. The van der Waals surface area contributed by atoms with Crippen molar-refractivity contribution in [3.05, 3.63) is 30.6 Å². The van der Waals surface area contributed by atoms with Gasteiger partial charge in [0.25, 0.3) is 0 Å². The molecule has 1 fully saturated rings.